The summed E-state index contributed by atoms with van der Waals surface area (Å²) in [6, 6.07) is 0. The molecule has 0 aromatic rings. The van der Waals surface area contributed by atoms with E-state index in [2.05, 4.69) is 12.8 Å². The average Bonchev–Trinajstić information content (AvgIpc) is 2.54. The first-order valence-electron chi connectivity index (χ1n) is 10.0. The van der Waals surface area contributed by atoms with Gasteiger partial charge in [0.25, 0.3) is 0 Å². The third-order valence-corrected chi connectivity index (χ3v) is 4.48. The number of aliphatic hydroxyl groups is 1. The first kappa shape index (κ1) is 21.4. The molecule has 0 aromatic heterocycles. The van der Waals surface area contributed by atoms with Crippen LogP contribution in [-0.4, -0.2) is 5.11 Å². The van der Waals surface area contributed by atoms with Crippen molar-refractivity contribution >= 4 is 0 Å². The third kappa shape index (κ3) is 19.4. The maximum Gasteiger partial charge on any atom is 0.107 e. The molecule has 0 saturated carbocycles. The molecule has 0 unspecified atom stereocenters. The highest BCUT2D eigenvalue weighted by Crippen LogP contribution is 2.14. The van der Waals surface area contributed by atoms with Crippen LogP contribution in [0.4, 0.5) is 0 Å². The molecule has 0 amide bonds. The number of rotatable bonds is 17. The molecule has 0 bridgehead atoms. The Balaban J connectivity index is 2.95. The van der Waals surface area contributed by atoms with E-state index in [1.54, 1.807) is 0 Å². The van der Waals surface area contributed by atoms with Crippen molar-refractivity contribution in [1.82, 2.24) is 0 Å². The van der Waals surface area contributed by atoms with Crippen molar-refractivity contribution in [3.05, 3.63) is 0 Å². The number of hydrogen-bond donors (Lipinski definition) is 1. The number of aliphatic hydroxyl groups excluding tert-OH is 1. The van der Waals surface area contributed by atoms with Gasteiger partial charge in [0.15, 0.2) is 0 Å². The van der Waals surface area contributed by atoms with E-state index in [4.69, 9.17) is 5.11 Å². The van der Waals surface area contributed by atoms with Crippen LogP contribution in [0.5, 0.6) is 0 Å². The molecule has 22 heavy (non-hydrogen) atoms. The monoisotopic (exact) mass is 308 g/mol. The van der Waals surface area contributed by atoms with Crippen LogP contribution in [0.3, 0.4) is 0 Å². The highest BCUT2D eigenvalue weighted by atomic mass is 16.2. The summed E-state index contributed by atoms with van der Waals surface area (Å²) in [7, 11) is 0. The van der Waals surface area contributed by atoms with Gasteiger partial charge in [0.2, 0.25) is 0 Å². The lowest BCUT2D eigenvalue weighted by Gasteiger charge is -2.03. The molecule has 1 nitrogen and oxygen atoms in total. The lowest BCUT2D eigenvalue weighted by molar-refractivity contribution is 0.514. The van der Waals surface area contributed by atoms with Crippen molar-refractivity contribution in [2.45, 2.75) is 122 Å². The van der Waals surface area contributed by atoms with Crippen molar-refractivity contribution in [3.8, 4) is 12.0 Å². The summed E-state index contributed by atoms with van der Waals surface area (Å²) < 4.78 is 0. The molecule has 0 spiro atoms. The van der Waals surface area contributed by atoms with Crippen LogP contribution in [0.1, 0.15) is 122 Å². The molecule has 0 rings (SSSR count). The molecule has 1 heteroatoms. The first-order valence-corrected chi connectivity index (χ1v) is 10.0. The van der Waals surface area contributed by atoms with Crippen LogP contribution >= 0.6 is 0 Å². The van der Waals surface area contributed by atoms with Crippen LogP contribution in [0.2, 0.25) is 0 Å². The minimum absolute atomic E-state index is 0.856. The fraction of sp³-hybridized carbons (Fsp3) is 0.905. The van der Waals surface area contributed by atoms with Gasteiger partial charge in [-0.25, -0.2) is 0 Å². The molecule has 0 fully saturated rings. The molecule has 1 N–H and O–H groups in total. The van der Waals surface area contributed by atoms with E-state index in [1.807, 2.05) is 6.11 Å². The number of unbranched alkanes of at least 4 members (excludes halogenated alkanes) is 17. The van der Waals surface area contributed by atoms with Gasteiger partial charge >= 0.3 is 0 Å². The van der Waals surface area contributed by atoms with Gasteiger partial charge in [0.1, 0.15) is 6.11 Å². The lowest BCUT2D eigenvalue weighted by atomic mass is 10.0. The Labute approximate surface area is 140 Å². The fourth-order valence-corrected chi connectivity index (χ4v) is 2.99. The molecule has 0 aliphatic heterocycles. The van der Waals surface area contributed by atoms with Crippen molar-refractivity contribution in [2.75, 3.05) is 0 Å². The van der Waals surface area contributed by atoms with Gasteiger partial charge in [-0.15, -0.1) is 0 Å². The van der Waals surface area contributed by atoms with Gasteiger partial charge in [0.05, 0.1) is 0 Å². The minimum atomic E-state index is 0.856. The van der Waals surface area contributed by atoms with E-state index in [1.165, 1.54) is 103 Å². The van der Waals surface area contributed by atoms with Gasteiger partial charge in [0, 0.05) is 6.42 Å². The second-order valence-corrected chi connectivity index (χ2v) is 6.70. The molecular weight excluding hydrogens is 268 g/mol. The van der Waals surface area contributed by atoms with E-state index >= 15 is 0 Å². The van der Waals surface area contributed by atoms with Crippen LogP contribution in [0, 0.1) is 12.0 Å². The average molecular weight is 309 g/mol. The molecule has 0 atom stereocenters. The van der Waals surface area contributed by atoms with Crippen LogP contribution in [-0.2, 0) is 0 Å². The van der Waals surface area contributed by atoms with Gasteiger partial charge in [-0.3, -0.25) is 0 Å². The second-order valence-electron chi connectivity index (χ2n) is 6.70. The van der Waals surface area contributed by atoms with E-state index in [9.17, 15) is 0 Å². The smallest absolute Gasteiger partial charge is 0.107 e. The SMILES string of the molecule is CCCCCCCCCCCCCCCCCCCC#CO. The predicted molar refractivity (Wildman–Crippen MR) is 98.5 cm³/mol. The summed E-state index contributed by atoms with van der Waals surface area (Å²) in [4.78, 5) is 0. The maximum absolute atomic E-state index is 8.34. The van der Waals surface area contributed by atoms with Crippen molar-refractivity contribution in [2.24, 2.45) is 0 Å². The second kappa shape index (κ2) is 20.4. The number of hydrogen-bond acceptors (Lipinski definition) is 1. The lowest BCUT2D eigenvalue weighted by Crippen LogP contribution is -1.83. The van der Waals surface area contributed by atoms with E-state index in [0.717, 1.165) is 12.8 Å². The highest BCUT2D eigenvalue weighted by molar-refractivity contribution is 4.88. The zero-order valence-corrected chi connectivity index (χ0v) is 15.2. The topological polar surface area (TPSA) is 20.2 Å². The van der Waals surface area contributed by atoms with E-state index in [0.29, 0.717) is 0 Å². The van der Waals surface area contributed by atoms with Crippen molar-refractivity contribution in [3.63, 3.8) is 0 Å². The molecule has 0 heterocycles. The van der Waals surface area contributed by atoms with Gasteiger partial charge in [-0.05, 0) is 6.42 Å². The molecule has 0 aliphatic rings. The zero-order chi connectivity index (χ0) is 16.1. The maximum atomic E-state index is 8.34. The standard InChI is InChI=1S/C21H40O/c1-2-3-4-5-6-7-8-9-10-11-12-13-14-15-16-17-18-19-20-21-22/h22H,2-19H2,1H3. The summed E-state index contributed by atoms with van der Waals surface area (Å²) in [5.74, 6) is 2.71. The molecule has 0 aromatic carbocycles. The predicted octanol–water partition coefficient (Wildman–Crippen LogP) is 7.36. The molecule has 0 aliphatic carbocycles. The zero-order valence-electron chi connectivity index (χ0n) is 15.2. The summed E-state index contributed by atoms with van der Waals surface area (Å²) in [6.07, 6.45) is 26.7. The summed E-state index contributed by atoms with van der Waals surface area (Å²) in [6.45, 7) is 2.29. The Morgan fingerprint density at radius 1 is 0.500 bits per heavy atom. The molecular formula is C21H40O. The molecule has 130 valence electrons. The van der Waals surface area contributed by atoms with E-state index in [-0.39, 0.29) is 0 Å². The third-order valence-electron chi connectivity index (χ3n) is 4.48. The van der Waals surface area contributed by atoms with Gasteiger partial charge < -0.3 is 5.11 Å². The van der Waals surface area contributed by atoms with Crippen LogP contribution in [0.15, 0.2) is 0 Å². The Morgan fingerprint density at radius 2 is 0.818 bits per heavy atom. The summed E-state index contributed by atoms with van der Waals surface area (Å²) >= 11 is 0. The Bertz CT molecular complexity index is 248. The van der Waals surface area contributed by atoms with Crippen molar-refractivity contribution in [1.29, 1.82) is 0 Å². The Hall–Kier alpha value is -0.640. The van der Waals surface area contributed by atoms with Gasteiger partial charge in [-0.1, -0.05) is 116 Å². The normalized spacial score (nSPS) is 10.4. The van der Waals surface area contributed by atoms with Crippen molar-refractivity contribution < 1.29 is 5.11 Å². The van der Waals surface area contributed by atoms with E-state index < -0.39 is 0 Å². The molecule has 0 saturated heterocycles. The quantitative estimate of drug-likeness (QED) is 0.220. The fourth-order valence-electron chi connectivity index (χ4n) is 2.99. The van der Waals surface area contributed by atoms with Gasteiger partial charge in [-0.2, -0.15) is 0 Å². The minimum Gasteiger partial charge on any atom is -0.462 e. The van der Waals surface area contributed by atoms with Crippen LogP contribution < -0.4 is 0 Å². The Kier molecular flexibility index (Phi) is 19.8. The first-order chi connectivity index (χ1) is 10.9. The molecule has 0 radical (unpaired) electrons. The highest BCUT2D eigenvalue weighted by Gasteiger charge is 1.94. The largest absolute Gasteiger partial charge is 0.462 e. The Morgan fingerprint density at radius 3 is 1.14 bits per heavy atom. The summed E-state index contributed by atoms with van der Waals surface area (Å²) in [5, 5.41) is 8.34. The summed E-state index contributed by atoms with van der Waals surface area (Å²) in [5.41, 5.74) is 0. The van der Waals surface area contributed by atoms with Crippen LogP contribution in [0.25, 0.3) is 0 Å².